The van der Waals surface area contributed by atoms with Crippen molar-refractivity contribution in [1.82, 2.24) is 0 Å². The number of nitrogens with zero attached hydrogens (tertiary/aromatic N) is 2. The Bertz CT molecular complexity index is 727. The molecule has 100 valence electrons. The molecule has 0 bridgehead atoms. The molecule has 0 aromatic heterocycles. The summed E-state index contributed by atoms with van der Waals surface area (Å²) in [6.45, 7) is 0. The molecule has 1 N–H and O–H groups in total. The molecule has 20 heavy (non-hydrogen) atoms. The number of carbonyl (C=O) groups excluding carboxylic acids is 1. The zero-order valence-corrected chi connectivity index (χ0v) is 10.6. The summed E-state index contributed by atoms with van der Waals surface area (Å²) in [4.78, 5) is 24.5. The third kappa shape index (κ3) is 1.78. The molecule has 0 saturated heterocycles. The largest absolute Gasteiger partial charge is 0.454 e. The van der Waals surface area contributed by atoms with Gasteiger partial charge in [0.25, 0.3) is 10.8 Å². The maximum Gasteiger partial charge on any atom is 0.320 e. The fourth-order valence-electron chi connectivity index (χ4n) is 2.12. The lowest BCUT2D eigenvalue weighted by atomic mass is 10.1. The van der Waals surface area contributed by atoms with Crippen molar-refractivity contribution in [2.24, 2.45) is 0 Å². The highest BCUT2D eigenvalue weighted by Crippen LogP contribution is 2.39. The van der Waals surface area contributed by atoms with E-state index >= 15 is 0 Å². The summed E-state index contributed by atoms with van der Waals surface area (Å²) in [5.41, 5.74) is 0.964. The highest BCUT2D eigenvalue weighted by molar-refractivity contribution is 6.09. The van der Waals surface area contributed by atoms with Crippen molar-refractivity contribution in [3.8, 4) is 11.5 Å². The number of fused-ring (bicyclic) bond motifs is 2. The average molecular weight is 271 g/mol. The Labute approximate surface area is 114 Å². The monoisotopic (exact) mass is 271 g/mol. The predicted octanol–water partition coefficient (Wildman–Crippen LogP) is 2.87. The van der Waals surface area contributed by atoms with Gasteiger partial charge in [0.15, 0.2) is 5.75 Å². The van der Waals surface area contributed by atoms with Crippen molar-refractivity contribution in [3.05, 3.63) is 52.9 Å². The van der Waals surface area contributed by atoms with Crippen LogP contribution < -0.4 is 9.64 Å². The van der Waals surface area contributed by atoms with E-state index in [0.717, 1.165) is 0 Å². The molecule has 0 fully saturated rings. The number of hydrogen-bond acceptors (Lipinski definition) is 3. The van der Waals surface area contributed by atoms with E-state index in [2.05, 4.69) is 0 Å². The van der Waals surface area contributed by atoms with Gasteiger partial charge in [0.05, 0.1) is 22.2 Å². The topological polar surface area (TPSA) is 69.9 Å². The zero-order valence-electron chi connectivity index (χ0n) is 10.6. The maximum atomic E-state index is 12.4. The van der Waals surface area contributed by atoms with Gasteiger partial charge in [0.2, 0.25) is 0 Å². The van der Waals surface area contributed by atoms with Gasteiger partial charge in [0.1, 0.15) is 5.75 Å². The van der Waals surface area contributed by atoms with Crippen molar-refractivity contribution in [2.45, 2.75) is 0 Å². The van der Waals surface area contributed by atoms with E-state index < -0.39 is 0 Å². The van der Waals surface area contributed by atoms with Crippen molar-refractivity contribution in [1.29, 1.82) is 0 Å². The smallest absolute Gasteiger partial charge is 0.320 e. The average Bonchev–Trinajstić information content (AvgIpc) is 2.55. The molecule has 0 aliphatic carbocycles. The fraction of sp³-hybridized carbons (Fsp3) is 0.0714. The second-order valence-electron chi connectivity index (χ2n) is 4.39. The number of ether oxygens (including phenoxy) is 1. The quantitative estimate of drug-likeness (QED) is 0.810. The lowest BCUT2D eigenvalue weighted by molar-refractivity contribution is -0.729. The fourth-order valence-corrected chi connectivity index (χ4v) is 2.12. The first-order chi connectivity index (χ1) is 9.58. The molecule has 0 atom stereocenters. The standard InChI is InChI=1S/C14H11N2O4/c1-15-11-4-2-3-5-12(11)20-13-8-9(16(18)19)6-7-10(13)14(15)17/h2-8H,1H3,(H,18,19)/q+1. The highest BCUT2D eigenvalue weighted by Gasteiger charge is 2.27. The molecular weight excluding hydrogens is 260 g/mol. The van der Waals surface area contributed by atoms with Crippen LogP contribution in [-0.4, -0.2) is 23.1 Å². The van der Waals surface area contributed by atoms with Gasteiger partial charge in [-0.25, -0.2) is 5.21 Å². The molecule has 1 amide bonds. The molecule has 1 aliphatic rings. The van der Waals surface area contributed by atoms with Gasteiger partial charge in [-0.3, -0.25) is 4.79 Å². The van der Waals surface area contributed by atoms with Gasteiger partial charge in [-0.1, -0.05) is 12.1 Å². The first-order valence-corrected chi connectivity index (χ1v) is 5.93. The number of rotatable bonds is 1. The van der Waals surface area contributed by atoms with Crippen LogP contribution in [0.15, 0.2) is 42.5 Å². The van der Waals surface area contributed by atoms with Gasteiger partial charge in [-0.15, -0.1) is 0 Å². The van der Waals surface area contributed by atoms with Crippen molar-refractivity contribution in [3.63, 3.8) is 0 Å². The number of anilines is 1. The normalized spacial score (nSPS) is 13.1. The van der Waals surface area contributed by atoms with Crippen LogP contribution in [0, 0.1) is 4.91 Å². The molecule has 0 radical (unpaired) electrons. The van der Waals surface area contributed by atoms with E-state index in [4.69, 9.17) is 9.94 Å². The van der Waals surface area contributed by atoms with E-state index in [1.165, 1.54) is 23.1 Å². The minimum absolute atomic E-state index is 0.00131. The summed E-state index contributed by atoms with van der Waals surface area (Å²) in [6, 6.07) is 11.2. The van der Waals surface area contributed by atoms with E-state index in [0.29, 0.717) is 17.0 Å². The van der Waals surface area contributed by atoms with Crippen molar-refractivity contribution < 1.29 is 19.7 Å². The van der Waals surface area contributed by atoms with Gasteiger partial charge < -0.3 is 9.64 Å². The van der Waals surface area contributed by atoms with E-state index in [1.54, 1.807) is 31.3 Å². The number of para-hydroxylation sites is 2. The SMILES string of the molecule is CN1C(=O)c2ccc([N+](=O)O)cc2Oc2ccccc21. The molecule has 3 rings (SSSR count). The first-order valence-electron chi connectivity index (χ1n) is 5.93. The van der Waals surface area contributed by atoms with Crippen LogP contribution in [0.2, 0.25) is 0 Å². The minimum atomic E-state index is -0.269. The summed E-state index contributed by atoms with van der Waals surface area (Å²) in [6.07, 6.45) is 0. The van der Waals surface area contributed by atoms with Crippen LogP contribution in [0.3, 0.4) is 0 Å². The third-order valence-electron chi connectivity index (χ3n) is 3.17. The molecule has 6 heteroatoms. The molecule has 2 aromatic carbocycles. The van der Waals surface area contributed by atoms with Crippen LogP contribution in [0.1, 0.15) is 10.4 Å². The number of amides is 1. The second-order valence-corrected chi connectivity index (χ2v) is 4.39. The van der Waals surface area contributed by atoms with E-state index in [-0.39, 0.29) is 22.3 Å². The Morgan fingerprint density at radius 1 is 1.15 bits per heavy atom. The Hall–Kier alpha value is -2.89. The van der Waals surface area contributed by atoms with E-state index in [1.807, 2.05) is 0 Å². The Balaban J connectivity index is 2.20. The lowest BCUT2D eigenvalue weighted by Crippen LogP contribution is -2.25. The van der Waals surface area contributed by atoms with Crippen molar-refractivity contribution >= 4 is 17.3 Å². The summed E-state index contributed by atoms with van der Waals surface area (Å²) in [7, 11) is 1.65. The Morgan fingerprint density at radius 2 is 1.90 bits per heavy atom. The van der Waals surface area contributed by atoms with E-state index in [9.17, 15) is 9.70 Å². The Morgan fingerprint density at radius 3 is 2.65 bits per heavy atom. The Kier molecular flexibility index (Phi) is 2.64. The molecular formula is C14H11N2O4+. The van der Waals surface area contributed by atoms with Crippen LogP contribution in [0.5, 0.6) is 11.5 Å². The first kappa shape index (κ1) is 12.2. The van der Waals surface area contributed by atoms with Gasteiger partial charge in [0, 0.05) is 13.1 Å². The molecule has 1 aliphatic heterocycles. The van der Waals surface area contributed by atoms with Gasteiger partial charge >= 0.3 is 5.69 Å². The molecule has 0 spiro atoms. The molecule has 0 saturated carbocycles. The summed E-state index contributed by atoms with van der Waals surface area (Å²) in [5.74, 6) is 0.501. The predicted molar refractivity (Wildman–Crippen MR) is 70.8 cm³/mol. The molecule has 1 heterocycles. The summed E-state index contributed by atoms with van der Waals surface area (Å²) < 4.78 is 5.69. The van der Waals surface area contributed by atoms with Crippen LogP contribution in [-0.2, 0) is 0 Å². The van der Waals surface area contributed by atoms with Crippen LogP contribution in [0.25, 0.3) is 0 Å². The summed E-state index contributed by atoms with van der Waals surface area (Å²) >= 11 is 0. The number of benzene rings is 2. The van der Waals surface area contributed by atoms with Gasteiger partial charge in [-0.05, 0) is 18.2 Å². The zero-order chi connectivity index (χ0) is 14.3. The molecule has 2 aromatic rings. The van der Waals surface area contributed by atoms with Gasteiger partial charge in [-0.2, -0.15) is 0 Å². The minimum Gasteiger partial charge on any atom is -0.454 e. The third-order valence-corrected chi connectivity index (χ3v) is 3.17. The molecule has 0 unspecified atom stereocenters. The van der Waals surface area contributed by atoms with Crippen LogP contribution >= 0.6 is 0 Å². The maximum absolute atomic E-state index is 12.4. The van der Waals surface area contributed by atoms with Crippen LogP contribution in [0.4, 0.5) is 11.4 Å². The number of hydrogen-bond donors (Lipinski definition) is 1. The number of carbonyl (C=O) groups is 1. The lowest BCUT2D eigenvalue weighted by Gasteiger charge is -2.15. The van der Waals surface area contributed by atoms with Crippen molar-refractivity contribution in [2.75, 3.05) is 11.9 Å². The summed E-state index contributed by atoms with van der Waals surface area (Å²) in [5, 5.41) is 8.94. The highest BCUT2D eigenvalue weighted by atomic mass is 16.6. The molecule has 6 nitrogen and oxygen atoms in total. The second kappa shape index (κ2) is 4.34.